The fourth-order valence-corrected chi connectivity index (χ4v) is 3.39. The summed E-state index contributed by atoms with van der Waals surface area (Å²) in [5.41, 5.74) is 3.30. The van der Waals surface area contributed by atoms with Crippen LogP contribution < -0.4 is 15.2 Å². The molecule has 0 radical (unpaired) electrons. The molecule has 0 amide bonds. The van der Waals surface area contributed by atoms with Gasteiger partial charge in [0, 0.05) is 28.9 Å². The number of halogens is 4. The molecular formula is C27H33BF4N2O. The van der Waals surface area contributed by atoms with Gasteiger partial charge in [-0.1, -0.05) is 51.1 Å². The molecular weight excluding hydrogens is 455 g/mol. The van der Waals surface area contributed by atoms with Crippen molar-refractivity contribution < 1.29 is 21.7 Å². The van der Waals surface area contributed by atoms with Crippen molar-refractivity contribution in [2.75, 3.05) is 18.4 Å². The zero-order valence-corrected chi connectivity index (χ0v) is 20.9. The Morgan fingerprint density at radius 1 is 0.914 bits per heavy atom. The minimum Gasteiger partial charge on any atom is -0.460 e. The van der Waals surface area contributed by atoms with Crippen molar-refractivity contribution in [3.05, 3.63) is 89.6 Å². The Labute approximate surface area is 205 Å². The fourth-order valence-electron chi connectivity index (χ4n) is 3.39. The van der Waals surface area contributed by atoms with E-state index in [1.54, 1.807) is 0 Å². The minimum atomic E-state index is -6.00. The molecule has 1 aromatic carbocycles. The molecule has 8 heteroatoms. The van der Waals surface area contributed by atoms with E-state index in [0.717, 1.165) is 41.4 Å². The lowest BCUT2D eigenvalue weighted by Crippen LogP contribution is -2.29. The van der Waals surface area contributed by atoms with Gasteiger partial charge in [-0.25, -0.2) is 4.58 Å². The zero-order chi connectivity index (χ0) is 26.1. The average molecular weight is 488 g/mol. The van der Waals surface area contributed by atoms with Gasteiger partial charge >= 0.3 is 7.25 Å². The molecule has 0 atom stereocenters. The summed E-state index contributed by atoms with van der Waals surface area (Å²) in [6, 6.07) is 18.8. The lowest BCUT2D eigenvalue weighted by molar-refractivity contribution is 0.368. The van der Waals surface area contributed by atoms with Gasteiger partial charge < -0.3 is 27.0 Å². The van der Waals surface area contributed by atoms with E-state index in [9.17, 15) is 17.3 Å². The van der Waals surface area contributed by atoms with Gasteiger partial charge in [0.15, 0.2) is 0 Å². The van der Waals surface area contributed by atoms with E-state index < -0.39 is 7.25 Å². The third-order valence-electron chi connectivity index (χ3n) is 5.16. The molecule has 1 aliphatic heterocycles. The van der Waals surface area contributed by atoms with E-state index in [-0.39, 0.29) is 5.41 Å². The van der Waals surface area contributed by atoms with Crippen LogP contribution >= 0.6 is 0 Å². The van der Waals surface area contributed by atoms with Crippen LogP contribution in [0.2, 0.25) is 0 Å². The highest BCUT2D eigenvalue weighted by Crippen LogP contribution is 2.33. The SMILES string of the molecule is CC[N+](CC)=c1ccc2c(/C=C/C=C/Nc3ccccc3)cc(C(C)(C)C)oc-2c1.F[B-](F)(F)F. The van der Waals surface area contributed by atoms with E-state index in [4.69, 9.17) is 4.42 Å². The smallest absolute Gasteiger partial charge is 0.460 e. The molecule has 2 aliphatic rings. The van der Waals surface area contributed by atoms with Crippen molar-refractivity contribution in [1.82, 2.24) is 4.58 Å². The third-order valence-corrected chi connectivity index (χ3v) is 5.16. The van der Waals surface area contributed by atoms with Gasteiger partial charge in [-0.2, -0.15) is 0 Å². The van der Waals surface area contributed by atoms with Crippen LogP contribution in [-0.2, 0) is 5.41 Å². The van der Waals surface area contributed by atoms with Gasteiger partial charge in [0.25, 0.3) is 0 Å². The van der Waals surface area contributed by atoms with Gasteiger partial charge in [-0.15, -0.1) is 0 Å². The third kappa shape index (κ3) is 9.47. The van der Waals surface area contributed by atoms with Crippen LogP contribution in [0.3, 0.4) is 0 Å². The van der Waals surface area contributed by atoms with Crippen molar-refractivity contribution in [2.45, 2.75) is 40.0 Å². The highest BCUT2D eigenvalue weighted by atomic mass is 19.5. The van der Waals surface area contributed by atoms with Gasteiger partial charge in [0.1, 0.15) is 24.6 Å². The molecule has 188 valence electrons. The molecule has 0 bridgehead atoms. The van der Waals surface area contributed by atoms with Gasteiger partial charge in [0.05, 0.1) is 6.07 Å². The molecule has 1 heterocycles. The van der Waals surface area contributed by atoms with E-state index in [0.29, 0.717) is 0 Å². The molecule has 1 aromatic rings. The summed E-state index contributed by atoms with van der Waals surface area (Å²) in [7, 11) is -6.00. The first-order valence-electron chi connectivity index (χ1n) is 11.6. The molecule has 35 heavy (non-hydrogen) atoms. The second-order valence-corrected chi connectivity index (χ2v) is 8.89. The molecule has 1 aliphatic carbocycles. The Kier molecular flexibility index (Phi) is 9.93. The molecule has 0 spiro atoms. The number of hydrogen-bond donors (Lipinski definition) is 1. The molecule has 0 saturated carbocycles. The summed E-state index contributed by atoms with van der Waals surface area (Å²) in [5, 5.41) is 4.48. The Bertz CT molecular complexity index is 1160. The van der Waals surface area contributed by atoms with Crippen molar-refractivity contribution in [3.8, 4) is 11.3 Å². The number of fused-ring (bicyclic) bond motifs is 1. The van der Waals surface area contributed by atoms with Crippen molar-refractivity contribution in [2.24, 2.45) is 0 Å². The predicted molar refractivity (Wildman–Crippen MR) is 139 cm³/mol. The number of anilines is 1. The first-order valence-corrected chi connectivity index (χ1v) is 11.6. The van der Waals surface area contributed by atoms with Crippen LogP contribution in [0.1, 0.15) is 45.9 Å². The van der Waals surface area contributed by atoms with Crippen LogP contribution in [0.15, 0.2) is 77.4 Å². The average Bonchev–Trinajstić information content (AvgIpc) is 2.78. The Balaban J connectivity index is 0.000000784. The molecule has 0 unspecified atom stereocenters. The molecule has 3 rings (SSSR count). The van der Waals surface area contributed by atoms with E-state index in [2.05, 4.69) is 80.9 Å². The van der Waals surface area contributed by atoms with Crippen LogP contribution in [0.4, 0.5) is 23.0 Å². The maximum absolute atomic E-state index is 9.75. The monoisotopic (exact) mass is 488 g/mol. The van der Waals surface area contributed by atoms with E-state index in [1.165, 1.54) is 5.36 Å². The molecule has 0 saturated heterocycles. The number of rotatable bonds is 6. The fraction of sp³-hybridized carbons (Fsp3) is 0.296. The first kappa shape index (κ1) is 28.0. The summed E-state index contributed by atoms with van der Waals surface area (Å²) < 4.78 is 47.7. The topological polar surface area (TPSA) is 28.2 Å². The highest BCUT2D eigenvalue weighted by Gasteiger charge is 2.21. The number of allylic oxidation sites excluding steroid dienone is 2. The number of benzene rings is 2. The summed E-state index contributed by atoms with van der Waals surface area (Å²) in [6.07, 6.45) is 8.18. The van der Waals surface area contributed by atoms with Crippen molar-refractivity contribution >= 4 is 19.0 Å². The Morgan fingerprint density at radius 3 is 2.11 bits per heavy atom. The van der Waals surface area contributed by atoms with Crippen molar-refractivity contribution in [1.29, 1.82) is 0 Å². The minimum absolute atomic E-state index is 0.0628. The van der Waals surface area contributed by atoms with Gasteiger partial charge in [-0.05, 0) is 49.8 Å². The summed E-state index contributed by atoms with van der Waals surface area (Å²) in [5.74, 6) is 1.91. The summed E-state index contributed by atoms with van der Waals surface area (Å²) in [4.78, 5) is 0. The second-order valence-electron chi connectivity index (χ2n) is 8.89. The van der Waals surface area contributed by atoms with Crippen LogP contribution in [0.5, 0.6) is 0 Å². The standard InChI is InChI=1S/C27H32N2O.BF4/c1-6-29(7-2)23-16-17-24-21(19-26(27(3,4)5)30-25(24)20-23)13-11-12-18-28-22-14-9-8-10-15-22;2-1(3,4)5/h8-20H,6-7H2,1-5H3;/q;-1/p+1. The number of nitrogens with zero attached hydrogens (tertiary/aromatic N) is 1. The molecule has 3 nitrogen and oxygen atoms in total. The largest absolute Gasteiger partial charge is 0.673 e. The maximum Gasteiger partial charge on any atom is 0.673 e. The lowest BCUT2D eigenvalue weighted by atomic mass is 9.90. The molecule has 0 aromatic heterocycles. The van der Waals surface area contributed by atoms with Crippen LogP contribution in [0.25, 0.3) is 17.4 Å². The predicted octanol–water partition coefficient (Wildman–Crippen LogP) is 7.43. The highest BCUT2D eigenvalue weighted by molar-refractivity contribution is 6.50. The van der Waals surface area contributed by atoms with Gasteiger partial charge in [0.2, 0.25) is 5.36 Å². The number of hydrogen-bond acceptors (Lipinski definition) is 2. The Morgan fingerprint density at radius 2 is 1.54 bits per heavy atom. The van der Waals surface area contributed by atoms with Crippen LogP contribution in [-0.4, -0.2) is 20.3 Å². The molecule has 0 fully saturated rings. The van der Waals surface area contributed by atoms with Crippen LogP contribution in [0, 0.1) is 0 Å². The van der Waals surface area contributed by atoms with Gasteiger partial charge in [-0.3, -0.25) is 0 Å². The zero-order valence-electron chi connectivity index (χ0n) is 20.9. The number of para-hydroxylation sites is 1. The number of nitrogens with one attached hydrogen (secondary N) is 1. The lowest BCUT2D eigenvalue weighted by Gasteiger charge is -2.20. The van der Waals surface area contributed by atoms with E-state index >= 15 is 0 Å². The maximum atomic E-state index is 9.75. The second kappa shape index (κ2) is 12.4. The van der Waals surface area contributed by atoms with E-state index in [1.807, 2.05) is 42.6 Å². The summed E-state index contributed by atoms with van der Waals surface area (Å²) in [6.45, 7) is 12.9. The summed E-state index contributed by atoms with van der Waals surface area (Å²) >= 11 is 0. The Hall–Kier alpha value is -3.29. The normalized spacial score (nSPS) is 12.1. The van der Waals surface area contributed by atoms with Crippen molar-refractivity contribution in [3.63, 3.8) is 0 Å². The first-order chi connectivity index (χ1) is 16.4. The molecule has 1 N–H and O–H groups in total. The quantitative estimate of drug-likeness (QED) is 0.169.